The van der Waals surface area contributed by atoms with Crippen molar-refractivity contribution in [2.45, 2.75) is 39.0 Å². The molecule has 132 valence electrons. The number of hydrogen-bond acceptors (Lipinski definition) is 4. The van der Waals surface area contributed by atoms with Gasteiger partial charge < -0.3 is 20.6 Å². The average molecular weight is 352 g/mol. The highest BCUT2D eigenvalue weighted by atomic mass is 35.5. The molecule has 2 rings (SSSR count). The highest BCUT2D eigenvalue weighted by molar-refractivity contribution is 6.30. The largest absolute Gasteiger partial charge is 0.508 e. The van der Waals surface area contributed by atoms with E-state index in [0.29, 0.717) is 17.7 Å². The summed E-state index contributed by atoms with van der Waals surface area (Å²) in [7, 11) is 0. The Morgan fingerprint density at radius 3 is 2.17 bits per heavy atom. The molecule has 1 unspecified atom stereocenters. The molecule has 0 aliphatic carbocycles. The Hall–Kier alpha value is -1.59. The third-order valence-corrected chi connectivity index (χ3v) is 3.47. The molecule has 0 heterocycles. The highest BCUT2D eigenvalue weighted by Gasteiger charge is 2.14. The number of aliphatic hydroxyl groups excluding tert-OH is 2. The second kappa shape index (κ2) is 9.64. The molecule has 24 heavy (non-hydrogen) atoms. The summed E-state index contributed by atoms with van der Waals surface area (Å²) in [5, 5.41) is 32.4. The van der Waals surface area contributed by atoms with Crippen LogP contribution in [0.2, 0.25) is 5.02 Å². The second-order valence-electron chi connectivity index (χ2n) is 6.49. The van der Waals surface area contributed by atoms with Crippen molar-refractivity contribution in [2.75, 3.05) is 6.54 Å². The van der Waals surface area contributed by atoms with Crippen molar-refractivity contribution in [3.05, 3.63) is 64.7 Å². The van der Waals surface area contributed by atoms with E-state index in [1.54, 1.807) is 12.1 Å². The number of rotatable bonds is 4. The minimum atomic E-state index is -0.653. The van der Waals surface area contributed by atoms with Crippen LogP contribution in [0.3, 0.4) is 0 Å². The van der Waals surface area contributed by atoms with E-state index in [0.717, 1.165) is 5.02 Å². The molecule has 4 nitrogen and oxygen atoms in total. The maximum absolute atomic E-state index is 9.97. The molecule has 1 atom stereocenters. The molecular formula is C19H26ClNO3. The van der Waals surface area contributed by atoms with Crippen LogP contribution < -0.4 is 5.32 Å². The van der Waals surface area contributed by atoms with Crippen molar-refractivity contribution in [1.82, 2.24) is 5.32 Å². The number of aliphatic hydroxyl groups is 2. The van der Waals surface area contributed by atoms with Crippen molar-refractivity contribution < 1.29 is 15.3 Å². The van der Waals surface area contributed by atoms with Gasteiger partial charge in [-0.25, -0.2) is 0 Å². The van der Waals surface area contributed by atoms with Crippen LogP contribution in [-0.4, -0.2) is 27.4 Å². The van der Waals surface area contributed by atoms with E-state index < -0.39 is 6.10 Å². The Morgan fingerprint density at radius 2 is 1.71 bits per heavy atom. The summed E-state index contributed by atoms with van der Waals surface area (Å²) < 4.78 is 0. The van der Waals surface area contributed by atoms with Crippen molar-refractivity contribution in [3.8, 4) is 5.75 Å². The number of β-amino-alcohol motifs (C(OH)–C–C–N with tert-alkyl or cyclic N) is 1. The molecule has 0 amide bonds. The molecule has 0 radical (unpaired) electrons. The molecule has 0 saturated carbocycles. The van der Waals surface area contributed by atoms with Gasteiger partial charge in [0.2, 0.25) is 0 Å². The van der Waals surface area contributed by atoms with Crippen LogP contribution in [0.25, 0.3) is 0 Å². The molecule has 0 aliphatic heterocycles. The van der Waals surface area contributed by atoms with Gasteiger partial charge in [0.15, 0.2) is 0 Å². The normalized spacial score (nSPS) is 12.2. The first-order chi connectivity index (χ1) is 11.2. The molecule has 0 aliphatic rings. The fourth-order valence-electron chi connectivity index (χ4n) is 1.87. The van der Waals surface area contributed by atoms with E-state index in [-0.39, 0.29) is 17.9 Å². The van der Waals surface area contributed by atoms with Crippen molar-refractivity contribution in [3.63, 3.8) is 0 Å². The summed E-state index contributed by atoms with van der Waals surface area (Å²) in [5.74, 6) is 0.0484. The molecule has 2 aromatic carbocycles. The molecule has 0 fully saturated rings. The molecule has 0 aromatic heterocycles. The molecule has 4 N–H and O–H groups in total. The minimum Gasteiger partial charge on any atom is -0.508 e. The summed E-state index contributed by atoms with van der Waals surface area (Å²) in [6.45, 7) is 6.26. The van der Waals surface area contributed by atoms with Crippen LogP contribution in [0.15, 0.2) is 48.5 Å². The second-order valence-corrected chi connectivity index (χ2v) is 6.92. The summed E-state index contributed by atoms with van der Waals surface area (Å²) in [6, 6.07) is 14.2. The maximum Gasteiger partial charge on any atom is 0.121 e. The molecule has 5 heteroatoms. The first kappa shape index (κ1) is 20.5. The van der Waals surface area contributed by atoms with Crippen LogP contribution in [0, 0.1) is 0 Å². The number of hydrogen-bond donors (Lipinski definition) is 4. The number of phenols is 1. The van der Waals surface area contributed by atoms with Gasteiger partial charge in [-0.15, -0.1) is 0 Å². The van der Waals surface area contributed by atoms with Crippen molar-refractivity contribution >= 4 is 11.6 Å². The Labute approximate surface area is 148 Å². The fraction of sp³-hybridized carbons (Fsp3) is 0.368. The van der Waals surface area contributed by atoms with Crippen LogP contribution in [0.5, 0.6) is 5.75 Å². The third-order valence-electron chi connectivity index (χ3n) is 3.22. The molecule has 0 saturated heterocycles. The zero-order valence-electron chi connectivity index (χ0n) is 14.3. The quantitative estimate of drug-likeness (QED) is 0.678. The first-order valence-electron chi connectivity index (χ1n) is 7.79. The van der Waals surface area contributed by atoms with Gasteiger partial charge in [0.05, 0.1) is 12.7 Å². The molecule has 0 spiro atoms. The maximum atomic E-state index is 9.97. The monoisotopic (exact) mass is 351 g/mol. The Morgan fingerprint density at radius 1 is 1.08 bits per heavy atom. The van der Waals surface area contributed by atoms with E-state index in [1.165, 1.54) is 6.07 Å². The van der Waals surface area contributed by atoms with Gasteiger partial charge in [-0.3, -0.25) is 0 Å². The lowest BCUT2D eigenvalue weighted by molar-refractivity contribution is 0.163. The summed E-state index contributed by atoms with van der Waals surface area (Å²) in [5.41, 5.74) is 1.05. The Balaban J connectivity index is 0.000000341. The Bertz CT molecular complexity index is 612. The van der Waals surface area contributed by atoms with E-state index >= 15 is 0 Å². The topological polar surface area (TPSA) is 72.7 Å². The van der Waals surface area contributed by atoms with Crippen LogP contribution in [-0.2, 0) is 6.61 Å². The number of aromatic hydroxyl groups is 1. The van der Waals surface area contributed by atoms with Crippen molar-refractivity contribution in [1.29, 1.82) is 0 Å². The van der Waals surface area contributed by atoms with E-state index in [2.05, 4.69) is 5.32 Å². The van der Waals surface area contributed by atoms with E-state index in [9.17, 15) is 10.2 Å². The van der Waals surface area contributed by atoms with Crippen LogP contribution >= 0.6 is 11.6 Å². The predicted molar refractivity (Wildman–Crippen MR) is 98.2 cm³/mol. The third kappa shape index (κ3) is 7.79. The standard InChI is InChI=1S/C13H21NO3.C6H5Cl/c1-13(2,3)14-7-12(17)9-4-5-11(16)10(6-9)8-15;7-6-4-2-1-3-5-6/h4-6,12,14-17H,7-8H2,1-3H3;1-5H. The summed E-state index contributed by atoms with van der Waals surface area (Å²) in [6.07, 6.45) is -0.653. The average Bonchev–Trinajstić information content (AvgIpc) is 2.54. The molecular weight excluding hydrogens is 326 g/mol. The van der Waals surface area contributed by atoms with E-state index in [1.807, 2.05) is 51.1 Å². The van der Waals surface area contributed by atoms with Gasteiger partial charge in [-0.1, -0.05) is 35.9 Å². The SMILES string of the molecule is CC(C)(C)NCC(O)c1ccc(O)c(CO)c1.Clc1ccccc1. The number of benzene rings is 2. The first-order valence-corrected chi connectivity index (χ1v) is 8.17. The predicted octanol–water partition coefficient (Wildman–Crippen LogP) is 3.65. The summed E-state index contributed by atoms with van der Waals surface area (Å²) >= 11 is 5.54. The van der Waals surface area contributed by atoms with Gasteiger partial charge in [-0.05, 0) is 50.6 Å². The van der Waals surface area contributed by atoms with Crippen LogP contribution in [0.1, 0.15) is 38.0 Å². The Kier molecular flexibility index (Phi) is 8.22. The minimum absolute atomic E-state index is 0.0484. The van der Waals surface area contributed by atoms with Crippen molar-refractivity contribution in [2.24, 2.45) is 0 Å². The number of nitrogens with one attached hydrogen (secondary N) is 1. The molecule has 0 bridgehead atoms. The molecule has 2 aromatic rings. The smallest absolute Gasteiger partial charge is 0.121 e. The lowest BCUT2D eigenvalue weighted by Crippen LogP contribution is -2.38. The number of halogens is 1. The zero-order valence-corrected chi connectivity index (χ0v) is 15.1. The van der Waals surface area contributed by atoms with E-state index in [4.69, 9.17) is 16.7 Å². The van der Waals surface area contributed by atoms with Gasteiger partial charge >= 0.3 is 0 Å². The van der Waals surface area contributed by atoms with Gasteiger partial charge in [-0.2, -0.15) is 0 Å². The summed E-state index contributed by atoms with van der Waals surface area (Å²) in [4.78, 5) is 0. The zero-order chi connectivity index (χ0) is 18.2. The van der Waals surface area contributed by atoms with Gasteiger partial charge in [0.1, 0.15) is 5.75 Å². The lowest BCUT2D eigenvalue weighted by atomic mass is 10.0. The van der Waals surface area contributed by atoms with Crippen LogP contribution in [0.4, 0.5) is 0 Å². The highest BCUT2D eigenvalue weighted by Crippen LogP contribution is 2.22. The van der Waals surface area contributed by atoms with Gasteiger partial charge in [0.25, 0.3) is 0 Å². The fourth-order valence-corrected chi connectivity index (χ4v) is 2.02. The van der Waals surface area contributed by atoms with Gasteiger partial charge in [0, 0.05) is 22.7 Å². The lowest BCUT2D eigenvalue weighted by Gasteiger charge is -2.23.